The van der Waals surface area contributed by atoms with E-state index in [0.29, 0.717) is 0 Å². The third-order valence-corrected chi connectivity index (χ3v) is 3.12. The normalized spacial score (nSPS) is 19.8. The summed E-state index contributed by atoms with van der Waals surface area (Å²) in [4.78, 5) is 0. The van der Waals surface area contributed by atoms with Gasteiger partial charge in [0.15, 0.2) is 0 Å². The van der Waals surface area contributed by atoms with Crippen molar-refractivity contribution in [3.05, 3.63) is 35.1 Å². The van der Waals surface area contributed by atoms with Crippen molar-refractivity contribution in [3.63, 3.8) is 0 Å². The molecule has 3 heteroatoms. The van der Waals surface area contributed by atoms with Gasteiger partial charge in [-0.2, -0.15) is 0 Å². The molecule has 1 aromatic carbocycles. The average molecular weight is 237 g/mol. The Labute approximate surface area is 102 Å². The maximum Gasteiger partial charge on any atom is 0.123 e. The van der Waals surface area contributed by atoms with Crippen molar-refractivity contribution in [2.45, 2.75) is 32.3 Å². The minimum atomic E-state index is -0.147. The van der Waals surface area contributed by atoms with E-state index >= 15 is 0 Å². The molecule has 1 atom stereocenters. The van der Waals surface area contributed by atoms with Crippen molar-refractivity contribution in [1.82, 2.24) is 5.32 Å². The van der Waals surface area contributed by atoms with Crippen LogP contribution in [0.2, 0.25) is 0 Å². The maximum absolute atomic E-state index is 13.2. The lowest BCUT2D eigenvalue weighted by Crippen LogP contribution is -2.24. The van der Waals surface area contributed by atoms with Crippen LogP contribution in [0.5, 0.6) is 0 Å². The van der Waals surface area contributed by atoms with E-state index in [1.165, 1.54) is 6.07 Å². The van der Waals surface area contributed by atoms with Crippen LogP contribution in [-0.2, 0) is 11.2 Å². The summed E-state index contributed by atoms with van der Waals surface area (Å²) in [5, 5.41) is 3.37. The molecular weight excluding hydrogens is 217 g/mol. The summed E-state index contributed by atoms with van der Waals surface area (Å²) in [5.41, 5.74) is 2.25. The van der Waals surface area contributed by atoms with Crippen molar-refractivity contribution in [1.29, 1.82) is 0 Å². The molecule has 1 N–H and O–H groups in total. The van der Waals surface area contributed by atoms with Gasteiger partial charge in [0.05, 0.1) is 6.10 Å². The number of hydrogen-bond acceptors (Lipinski definition) is 2. The molecular formula is C14H20FNO. The molecule has 0 spiro atoms. The Kier molecular flexibility index (Phi) is 4.51. The molecule has 0 fully saturated rings. The largest absolute Gasteiger partial charge is 0.372 e. The lowest BCUT2D eigenvalue weighted by atomic mass is 9.99. The first kappa shape index (κ1) is 12.5. The monoisotopic (exact) mass is 237 g/mol. The zero-order valence-corrected chi connectivity index (χ0v) is 10.3. The van der Waals surface area contributed by atoms with E-state index in [-0.39, 0.29) is 11.9 Å². The van der Waals surface area contributed by atoms with Gasteiger partial charge in [0, 0.05) is 13.2 Å². The van der Waals surface area contributed by atoms with E-state index in [9.17, 15) is 4.39 Å². The van der Waals surface area contributed by atoms with E-state index < -0.39 is 0 Å². The Hall–Kier alpha value is -0.930. The molecule has 1 heterocycles. The molecule has 0 amide bonds. The third-order valence-electron chi connectivity index (χ3n) is 3.12. The lowest BCUT2D eigenvalue weighted by molar-refractivity contribution is 0.0566. The van der Waals surface area contributed by atoms with Gasteiger partial charge in [-0.15, -0.1) is 0 Å². The Bertz CT molecular complexity index is 367. The third kappa shape index (κ3) is 3.27. The number of rotatable bonds is 4. The van der Waals surface area contributed by atoms with Crippen molar-refractivity contribution >= 4 is 0 Å². The van der Waals surface area contributed by atoms with Crippen molar-refractivity contribution in [3.8, 4) is 0 Å². The van der Waals surface area contributed by atoms with Gasteiger partial charge in [-0.25, -0.2) is 4.39 Å². The fourth-order valence-electron chi connectivity index (χ4n) is 2.26. The van der Waals surface area contributed by atoms with Crippen LogP contribution in [0.25, 0.3) is 0 Å². The predicted molar refractivity (Wildman–Crippen MR) is 66.6 cm³/mol. The zero-order chi connectivity index (χ0) is 12.1. The van der Waals surface area contributed by atoms with Crippen molar-refractivity contribution < 1.29 is 9.13 Å². The summed E-state index contributed by atoms with van der Waals surface area (Å²) in [6.07, 6.45) is 3.07. The van der Waals surface area contributed by atoms with Crippen LogP contribution in [0.3, 0.4) is 0 Å². The van der Waals surface area contributed by atoms with Crippen LogP contribution in [0.4, 0.5) is 4.39 Å². The summed E-state index contributed by atoms with van der Waals surface area (Å²) in [5.74, 6) is -0.147. The van der Waals surface area contributed by atoms with E-state index in [2.05, 4.69) is 12.2 Å². The van der Waals surface area contributed by atoms with Gasteiger partial charge < -0.3 is 10.1 Å². The summed E-state index contributed by atoms with van der Waals surface area (Å²) < 4.78 is 19.0. The summed E-state index contributed by atoms with van der Waals surface area (Å²) >= 11 is 0. The maximum atomic E-state index is 13.2. The van der Waals surface area contributed by atoms with E-state index in [1.54, 1.807) is 6.07 Å². The first-order valence-corrected chi connectivity index (χ1v) is 6.42. The molecule has 2 nitrogen and oxygen atoms in total. The number of ether oxygens (including phenoxy) is 1. The fraction of sp³-hybridized carbons (Fsp3) is 0.571. The fourth-order valence-corrected chi connectivity index (χ4v) is 2.26. The van der Waals surface area contributed by atoms with Crippen molar-refractivity contribution in [2.24, 2.45) is 0 Å². The Morgan fingerprint density at radius 1 is 1.47 bits per heavy atom. The second kappa shape index (κ2) is 6.12. The second-order valence-electron chi connectivity index (χ2n) is 4.51. The van der Waals surface area contributed by atoms with Gasteiger partial charge in [-0.3, -0.25) is 0 Å². The van der Waals surface area contributed by atoms with Crippen LogP contribution in [-0.4, -0.2) is 19.7 Å². The van der Waals surface area contributed by atoms with Gasteiger partial charge in [0.2, 0.25) is 0 Å². The van der Waals surface area contributed by atoms with Crippen LogP contribution in [0, 0.1) is 5.82 Å². The first-order valence-electron chi connectivity index (χ1n) is 6.42. The summed E-state index contributed by atoms with van der Waals surface area (Å²) in [6.45, 7) is 4.71. The number of fused-ring (bicyclic) bond motifs is 1. The Balaban J connectivity index is 2.12. The molecule has 17 heavy (non-hydrogen) atoms. The second-order valence-corrected chi connectivity index (χ2v) is 4.51. The molecule has 0 bridgehead atoms. The molecule has 0 aromatic heterocycles. The topological polar surface area (TPSA) is 21.3 Å². The van der Waals surface area contributed by atoms with Crippen LogP contribution >= 0.6 is 0 Å². The SMILES string of the molecule is CCCNC[C@@H]1OCCCc2cc(F)ccc21. The highest BCUT2D eigenvalue weighted by Crippen LogP contribution is 2.26. The smallest absolute Gasteiger partial charge is 0.123 e. The van der Waals surface area contributed by atoms with E-state index in [0.717, 1.165) is 50.1 Å². The summed E-state index contributed by atoms with van der Waals surface area (Å²) in [7, 11) is 0. The quantitative estimate of drug-likeness (QED) is 0.813. The van der Waals surface area contributed by atoms with Crippen LogP contribution in [0.1, 0.15) is 37.0 Å². The van der Waals surface area contributed by atoms with E-state index in [4.69, 9.17) is 4.74 Å². The molecule has 1 aromatic rings. The molecule has 1 aliphatic rings. The van der Waals surface area contributed by atoms with Gasteiger partial charge in [-0.1, -0.05) is 13.0 Å². The zero-order valence-electron chi connectivity index (χ0n) is 10.3. The molecule has 0 radical (unpaired) electrons. The predicted octanol–water partition coefficient (Wildman–Crippen LogP) is 2.83. The molecule has 94 valence electrons. The van der Waals surface area contributed by atoms with Crippen molar-refractivity contribution in [2.75, 3.05) is 19.7 Å². The average Bonchev–Trinajstić information content (AvgIpc) is 2.52. The standard InChI is InChI=1S/C14H20FNO/c1-2-7-16-10-14-13-6-5-12(15)9-11(13)4-3-8-17-14/h5-6,9,14,16H,2-4,7-8,10H2,1H3/t14-/m0/s1. The van der Waals surface area contributed by atoms with E-state index in [1.807, 2.05) is 6.07 Å². The number of halogens is 1. The number of hydrogen-bond donors (Lipinski definition) is 1. The minimum absolute atomic E-state index is 0.0691. The lowest BCUT2D eigenvalue weighted by Gasteiger charge is -2.18. The van der Waals surface area contributed by atoms with Gasteiger partial charge in [0.25, 0.3) is 0 Å². The highest BCUT2D eigenvalue weighted by atomic mass is 19.1. The van der Waals surface area contributed by atoms with Crippen LogP contribution in [0.15, 0.2) is 18.2 Å². The molecule has 0 saturated heterocycles. The highest BCUT2D eigenvalue weighted by Gasteiger charge is 2.19. The summed E-state index contributed by atoms with van der Waals surface area (Å²) in [6, 6.07) is 5.05. The van der Waals surface area contributed by atoms with Gasteiger partial charge in [0.1, 0.15) is 5.82 Å². The number of aryl methyl sites for hydroxylation is 1. The Morgan fingerprint density at radius 3 is 3.18 bits per heavy atom. The van der Waals surface area contributed by atoms with Gasteiger partial charge in [-0.05, 0) is 49.1 Å². The molecule has 1 aliphatic heterocycles. The number of nitrogens with one attached hydrogen (secondary N) is 1. The molecule has 0 aliphatic carbocycles. The molecule has 0 saturated carbocycles. The number of benzene rings is 1. The Morgan fingerprint density at radius 2 is 2.35 bits per heavy atom. The molecule has 0 unspecified atom stereocenters. The molecule has 2 rings (SSSR count). The highest BCUT2D eigenvalue weighted by molar-refractivity contribution is 5.31. The first-order chi connectivity index (χ1) is 8.31. The van der Waals surface area contributed by atoms with Crippen LogP contribution < -0.4 is 5.32 Å². The minimum Gasteiger partial charge on any atom is -0.372 e. The van der Waals surface area contributed by atoms with Gasteiger partial charge >= 0.3 is 0 Å².